The highest BCUT2D eigenvalue weighted by Crippen LogP contribution is 2.93. The highest BCUT2D eigenvalue weighted by Gasteiger charge is 3.20. The summed E-state index contributed by atoms with van der Waals surface area (Å²) >= 11 is 0. The first-order chi connectivity index (χ1) is 16.7. The third-order valence-corrected chi connectivity index (χ3v) is 11.5. The highest BCUT2D eigenvalue weighted by molar-refractivity contribution is 6.20. The van der Waals surface area contributed by atoms with E-state index in [0.717, 1.165) is 25.7 Å². The summed E-state index contributed by atoms with van der Waals surface area (Å²) < 4.78 is 21.6. The number of hydrogen-bond donors (Lipinski definition) is 0. The van der Waals surface area contributed by atoms with Crippen molar-refractivity contribution in [3.8, 4) is 0 Å². The van der Waals surface area contributed by atoms with Crippen molar-refractivity contribution >= 4 is 23.9 Å². The zero-order valence-corrected chi connectivity index (χ0v) is 20.3. The fourth-order valence-corrected chi connectivity index (χ4v) is 11.2. The van der Waals surface area contributed by atoms with Gasteiger partial charge >= 0.3 is 23.9 Å². The zero-order chi connectivity index (χ0) is 24.7. The molecule has 7 aliphatic heterocycles. The van der Waals surface area contributed by atoms with Crippen molar-refractivity contribution < 1.29 is 38.1 Å². The van der Waals surface area contributed by atoms with E-state index < -0.39 is 46.0 Å². The topological polar surface area (TPSA) is 118 Å². The molecule has 0 radical (unpaired) electrons. The molecule has 188 valence electrons. The van der Waals surface area contributed by atoms with Gasteiger partial charge in [0.05, 0.1) is 28.4 Å². The molecule has 7 heterocycles. The molecule has 12 heteroatoms. The Balaban J connectivity index is 1.60. The molecule has 35 heavy (non-hydrogen) atoms. The fraction of sp³-hybridized carbons (Fsp3) is 0.826. The summed E-state index contributed by atoms with van der Waals surface area (Å²) in [4.78, 5) is 56.5. The number of methoxy groups -OCH3 is 4. The van der Waals surface area contributed by atoms with E-state index in [0.29, 0.717) is 0 Å². The second-order valence-corrected chi connectivity index (χ2v) is 11.4. The number of ether oxygens (including phenoxy) is 4. The van der Waals surface area contributed by atoms with Crippen LogP contribution in [0.25, 0.3) is 0 Å². The van der Waals surface area contributed by atoms with Gasteiger partial charge in [0.15, 0.2) is 16.5 Å². The molecule has 10 rings (SSSR count). The van der Waals surface area contributed by atoms with E-state index in [9.17, 15) is 19.2 Å². The van der Waals surface area contributed by atoms with Crippen molar-refractivity contribution in [2.45, 2.75) is 73.5 Å². The molecular weight excluding hydrogens is 460 g/mol. The number of rotatable bonds is 4. The molecule has 0 amide bonds. The lowest BCUT2D eigenvalue weighted by atomic mass is 9.48. The second kappa shape index (κ2) is 5.36. The van der Waals surface area contributed by atoms with Gasteiger partial charge in [0, 0.05) is 35.5 Å². The molecule has 10 fully saturated rings. The van der Waals surface area contributed by atoms with Crippen LogP contribution in [0.3, 0.4) is 0 Å². The van der Waals surface area contributed by atoms with Crippen LogP contribution in [-0.4, -0.2) is 113 Å². The van der Waals surface area contributed by atoms with Crippen LogP contribution in [0.4, 0.5) is 0 Å². The van der Waals surface area contributed by atoms with Crippen LogP contribution in [-0.2, 0) is 38.1 Å². The Bertz CT molecular complexity index is 1110. The van der Waals surface area contributed by atoms with Crippen LogP contribution in [0, 0.1) is 16.7 Å². The summed E-state index contributed by atoms with van der Waals surface area (Å²) in [6.45, 7) is 2.28. The predicted octanol–water partition coefficient (Wildman–Crippen LogP) is -1.36. The lowest BCUT2D eigenvalue weighted by Crippen LogP contribution is -2.92. The summed E-state index contributed by atoms with van der Waals surface area (Å²) in [6.07, 6.45) is 3.24. The minimum atomic E-state index is -1.94. The minimum Gasteiger partial charge on any atom is -0.468 e. The molecule has 12 nitrogen and oxygen atoms in total. The van der Waals surface area contributed by atoms with Gasteiger partial charge in [0.2, 0.25) is 5.66 Å². The molecule has 7 bridgehead atoms. The largest absolute Gasteiger partial charge is 0.468 e. The number of hydrogen-bond acceptors (Lipinski definition) is 12. The molecule has 7 saturated heterocycles. The van der Waals surface area contributed by atoms with Crippen molar-refractivity contribution in [3.63, 3.8) is 0 Å². The Morgan fingerprint density at radius 3 is 1.46 bits per heavy atom. The summed E-state index contributed by atoms with van der Waals surface area (Å²) in [6, 6.07) is -0.503. The van der Waals surface area contributed by atoms with Crippen LogP contribution >= 0.6 is 0 Å². The van der Waals surface area contributed by atoms with Gasteiger partial charge in [0.1, 0.15) is 0 Å². The molecule has 3 saturated carbocycles. The number of esters is 4. The van der Waals surface area contributed by atoms with E-state index in [1.165, 1.54) is 28.4 Å². The summed E-state index contributed by atoms with van der Waals surface area (Å²) in [5, 5.41) is 7.69. The third kappa shape index (κ3) is 1.28. The first-order valence-electron chi connectivity index (χ1n) is 12.3. The number of nitrogens with zero attached hydrogens (tertiary/aromatic N) is 4. The fourth-order valence-electron chi connectivity index (χ4n) is 11.2. The standard InChI is InChI=1S/C23H28N4O8/c1-19-12-8-6-10-14(19)11-7-9-13(19)27-23(18(31)35-5)20(15(28)32-2)21(16(29)33-3,24(10)26(12)23)22(20,25(11)27)17(30)34-4/h10-14H,6-9H2,1-5H3/t10-,11+,12+,13-,14?,19?,20?,21+,22-,23?. The van der Waals surface area contributed by atoms with Crippen molar-refractivity contribution in [1.82, 2.24) is 20.0 Å². The number of hydrazine groups is 2. The average molecular weight is 488 g/mol. The molecule has 4 unspecified atom stereocenters. The van der Waals surface area contributed by atoms with E-state index in [-0.39, 0.29) is 35.5 Å². The Morgan fingerprint density at radius 1 is 0.629 bits per heavy atom. The molecule has 0 aromatic carbocycles. The Kier molecular flexibility index (Phi) is 3.20. The summed E-state index contributed by atoms with van der Waals surface area (Å²) in [5.74, 6) is -2.79. The SMILES string of the molecule is COC(=O)C12N3[C@H]4CC[C@@H]5C6[C@@H]7CC[C@@H](N1N7[C@]1(C(=O)OC)C2(C(=O)OC)[C@]1(C(=O)OC)N53)C64C. The van der Waals surface area contributed by atoms with Gasteiger partial charge in [0.25, 0.3) is 0 Å². The van der Waals surface area contributed by atoms with E-state index in [4.69, 9.17) is 18.9 Å². The summed E-state index contributed by atoms with van der Waals surface area (Å²) in [7, 11) is 5.00. The van der Waals surface area contributed by atoms with Gasteiger partial charge in [-0.3, -0.25) is 4.79 Å². The molecule has 0 N–H and O–H groups in total. The predicted molar refractivity (Wildman–Crippen MR) is 111 cm³/mol. The highest BCUT2D eigenvalue weighted by atomic mass is 16.6. The third-order valence-electron chi connectivity index (χ3n) is 11.5. The zero-order valence-electron chi connectivity index (χ0n) is 20.3. The van der Waals surface area contributed by atoms with E-state index in [1.807, 2.05) is 20.0 Å². The van der Waals surface area contributed by atoms with Gasteiger partial charge in [-0.2, -0.15) is 0 Å². The second-order valence-electron chi connectivity index (χ2n) is 11.4. The van der Waals surface area contributed by atoms with Crippen LogP contribution in [0.2, 0.25) is 0 Å². The molecule has 0 spiro atoms. The van der Waals surface area contributed by atoms with Crippen LogP contribution in [0.15, 0.2) is 0 Å². The van der Waals surface area contributed by atoms with Crippen molar-refractivity contribution in [2.24, 2.45) is 16.7 Å². The molecule has 0 aromatic heterocycles. The van der Waals surface area contributed by atoms with Crippen molar-refractivity contribution in [1.29, 1.82) is 0 Å². The van der Waals surface area contributed by atoms with Crippen molar-refractivity contribution in [2.75, 3.05) is 28.4 Å². The Hall–Kier alpha value is -2.28. The average Bonchev–Trinajstić information content (AvgIpc) is 3.27. The molecule has 10 aliphatic rings. The molecular formula is C23H28N4O8. The summed E-state index contributed by atoms with van der Waals surface area (Å²) in [5.41, 5.74) is -7.48. The maximum Gasteiger partial charge on any atom is 0.345 e. The van der Waals surface area contributed by atoms with Crippen LogP contribution < -0.4 is 0 Å². The first kappa shape index (κ1) is 20.9. The van der Waals surface area contributed by atoms with E-state index in [1.54, 1.807) is 0 Å². The maximum atomic E-state index is 14.2. The van der Waals surface area contributed by atoms with Gasteiger partial charge in [-0.05, 0) is 25.7 Å². The number of carbonyl (C=O) groups excluding carboxylic acids is 4. The van der Waals surface area contributed by atoms with Crippen molar-refractivity contribution in [3.05, 3.63) is 0 Å². The Morgan fingerprint density at radius 2 is 1.06 bits per heavy atom. The normalized spacial score (nSPS) is 55.4. The van der Waals surface area contributed by atoms with Gasteiger partial charge in [-0.25, -0.2) is 34.4 Å². The lowest BCUT2D eigenvalue weighted by molar-refractivity contribution is -0.400. The smallest absolute Gasteiger partial charge is 0.345 e. The maximum absolute atomic E-state index is 14.2. The minimum absolute atomic E-state index is 0.105. The van der Waals surface area contributed by atoms with Gasteiger partial charge in [-0.1, -0.05) is 6.92 Å². The first-order valence-corrected chi connectivity index (χ1v) is 12.3. The number of fused-ring (bicyclic) bond motifs is 3. The monoisotopic (exact) mass is 488 g/mol. The number of carbonyl (C=O) groups is 4. The van der Waals surface area contributed by atoms with E-state index >= 15 is 0 Å². The quantitative estimate of drug-likeness (QED) is 0.344. The van der Waals surface area contributed by atoms with E-state index in [2.05, 4.69) is 6.92 Å². The van der Waals surface area contributed by atoms with Crippen LogP contribution in [0.5, 0.6) is 0 Å². The molecule has 10 atom stereocenters. The molecule has 3 aliphatic carbocycles. The van der Waals surface area contributed by atoms with Crippen LogP contribution in [0.1, 0.15) is 32.6 Å². The van der Waals surface area contributed by atoms with Gasteiger partial charge in [-0.15, -0.1) is 0 Å². The lowest BCUT2D eigenvalue weighted by Gasteiger charge is -2.79. The molecule has 0 aromatic rings. The van der Waals surface area contributed by atoms with Gasteiger partial charge < -0.3 is 18.9 Å². The Labute approximate surface area is 201 Å².